The molecule has 1 saturated carbocycles. The van der Waals surface area contributed by atoms with Gasteiger partial charge < -0.3 is 4.90 Å². The Bertz CT molecular complexity index is 252. The molecule has 0 aromatic rings. The van der Waals surface area contributed by atoms with Gasteiger partial charge in [-0.2, -0.15) is 0 Å². The fraction of sp³-hybridized carbons (Fsp3) is 0.357. The quantitative estimate of drug-likeness (QED) is 0.674. The van der Waals surface area contributed by atoms with E-state index in [0.29, 0.717) is 0 Å². The molecule has 0 heterocycles. The molecule has 0 bridgehead atoms. The van der Waals surface area contributed by atoms with Crippen molar-refractivity contribution in [2.75, 3.05) is 20.6 Å². The molecule has 79 valence electrons. The minimum absolute atomic E-state index is 1.17. The van der Waals surface area contributed by atoms with Crippen LogP contribution in [0.3, 0.4) is 0 Å². The second kappa shape index (κ2) is 4.98. The van der Waals surface area contributed by atoms with E-state index in [4.69, 9.17) is 0 Å². The average molecular weight is 200 g/mol. The summed E-state index contributed by atoms with van der Waals surface area (Å²) < 4.78 is 0. The van der Waals surface area contributed by atoms with E-state index in [1.165, 1.54) is 37.1 Å². The molecule has 0 atom stereocenters. The van der Waals surface area contributed by atoms with Gasteiger partial charge in [0.15, 0.2) is 0 Å². The lowest BCUT2D eigenvalue weighted by Gasteiger charge is -2.20. The predicted molar refractivity (Wildman–Crippen MR) is 64.4 cm³/mol. The molecule has 1 heteroatoms. The van der Waals surface area contributed by atoms with Crippen LogP contribution in [0.2, 0.25) is 0 Å². The van der Waals surface area contributed by atoms with E-state index >= 15 is 0 Å². The van der Waals surface area contributed by atoms with Crippen LogP contribution in [0.25, 0.3) is 0 Å². The van der Waals surface area contributed by atoms with E-state index in [1.807, 2.05) is 0 Å². The van der Waals surface area contributed by atoms with Crippen LogP contribution in [-0.4, -0.2) is 25.5 Å². The topological polar surface area (TPSA) is 3.24 Å². The first-order valence-electron chi connectivity index (χ1n) is 5.55. The van der Waals surface area contributed by atoms with E-state index in [9.17, 15) is 0 Å². The van der Waals surface area contributed by atoms with Gasteiger partial charge in [0.05, 0.1) is 0 Å². The normalized spacial score (nSPS) is 22.9. The van der Waals surface area contributed by atoms with Gasteiger partial charge in [-0.1, -0.05) is 24.3 Å². The zero-order valence-corrected chi connectivity index (χ0v) is 9.53. The largest absolute Gasteiger partial charge is 0.309 e. The van der Waals surface area contributed by atoms with Crippen molar-refractivity contribution in [2.45, 2.75) is 12.8 Å². The molecule has 0 N–H and O–H groups in total. The maximum atomic E-state index is 2.26. The third-order valence-electron chi connectivity index (χ3n) is 2.82. The van der Waals surface area contributed by atoms with Crippen molar-refractivity contribution in [1.82, 2.24) is 4.90 Å². The van der Waals surface area contributed by atoms with Crippen molar-refractivity contribution in [2.24, 2.45) is 0 Å². The lowest BCUT2D eigenvalue weighted by atomic mass is 9.84. The molecule has 0 aliphatic heterocycles. The van der Waals surface area contributed by atoms with Gasteiger partial charge in [0.1, 0.15) is 0 Å². The number of hydrogen-bond acceptors (Lipinski definition) is 1. The second-order valence-corrected chi connectivity index (χ2v) is 4.35. The Balaban J connectivity index is 1.79. The molecule has 2 aliphatic carbocycles. The first kappa shape index (κ1) is 10.9. The lowest BCUT2D eigenvalue weighted by molar-refractivity contribution is 0.397. The standard InChI is InChI=1S/C14H18N/c1-15(2)11-5-7-13-10-9-12-6-3-4-8-14(12)13/h3-4,6,8-10H,5,7,11H2,1-2H3. The predicted octanol–water partition coefficient (Wildman–Crippen LogP) is 2.60. The number of allylic oxidation sites excluding steroid dienone is 4. The van der Waals surface area contributed by atoms with Crippen LogP contribution in [0, 0.1) is 30.6 Å². The van der Waals surface area contributed by atoms with Crippen LogP contribution < -0.4 is 0 Å². The van der Waals surface area contributed by atoms with Crippen LogP contribution in [0.1, 0.15) is 12.8 Å². The zero-order valence-electron chi connectivity index (χ0n) is 9.53. The van der Waals surface area contributed by atoms with Crippen LogP contribution in [0.4, 0.5) is 0 Å². The maximum absolute atomic E-state index is 2.26. The number of rotatable bonds is 4. The molecule has 0 spiro atoms. The van der Waals surface area contributed by atoms with Gasteiger partial charge in [-0.05, 0) is 52.2 Å². The smallest absolute Gasteiger partial charge is 0.0158 e. The molecular formula is C14H18N. The van der Waals surface area contributed by atoms with E-state index in [1.54, 1.807) is 0 Å². The zero-order chi connectivity index (χ0) is 10.7. The second-order valence-electron chi connectivity index (χ2n) is 4.35. The van der Waals surface area contributed by atoms with E-state index in [-0.39, 0.29) is 0 Å². The van der Waals surface area contributed by atoms with Gasteiger partial charge in [0.2, 0.25) is 0 Å². The van der Waals surface area contributed by atoms with Gasteiger partial charge in [0, 0.05) is 11.8 Å². The molecular weight excluding hydrogens is 182 g/mol. The highest BCUT2D eigenvalue weighted by Gasteiger charge is 2.35. The van der Waals surface area contributed by atoms with Crippen molar-refractivity contribution in [1.29, 1.82) is 0 Å². The summed E-state index contributed by atoms with van der Waals surface area (Å²) >= 11 is 0. The fourth-order valence-corrected chi connectivity index (χ4v) is 2.02. The Labute approximate surface area is 93.9 Å². The molecule has 0 aromatic heterocycles. The summed E-state index contributed by atoms with van der Waals surface area (Å²) in [7, 11) is 4.26. The molecule has 15 heavy (non-hydrogen) atoms. The Hall–Kier alpha value is -0.560. The summed E-state index contributed by atoms with van der Waals surface area (Å²) in [6.45, 7) is 1.17. The molecule has 2 rings (SSSR count). The summed E-state index contributed by atoms with van der Waals surface area (Å²) in [6.07, 6.45) is 15.5. The summed E-state index contributed by atoms with van der Waals surface area (Å²) in [5.41, 5.74) is 0. The van der Waals surface area contributed by atoms with Gasteiger partial charge in [-0.15, -0.1) is 0 Å². The third-order valence-corrected chi connectivity index (χ3v) is 2.82. The van der Waals surface area contributed by atoms with Crippen molar-refractivity contribution in [3.8, 4) is 0 Å². The first-order chi connectivity index (χ1) is 7.27. The monoisotopic (exact) mass is 200 g/mol. The third kappa shape index (κ3) is 2.72. The summed E-state index contributed by atoms with van der Waals surface area (Å²) in [5.74, 6) is 4.29. The van der Waals surface area contributed by atoms with Crippen molar-refractivity contribution < 1.29 is 0 Å². The van der Waals surface area contributed by atoms with Gasteiger partial charge in [-0.25, -0.2) is 0 Å². The van der Waals surface area contributed by atoms with Gasteiger partial charge in [0.25, 0.3) is 0 Å². The molecule has 0 saturated heterocycles. The summed E-state index contributed by atoms with van der Waals surface area (Å²) in [5, 5.41) is 0. The van der Waals surface area contributed by atoms with Crippen LogP contribution >= 0.6 is 0 Å². The number of hydrogen-bond donors (Lipinski definition) is 0. The van der Waals surface area contributed by atoms with E-state index in [0.717, 1.165) is 0 Å². The van der Waals surface area contributed by atoms with Crippen molar-refractivity contribution in [3.05, 3.63) is 54.9 Å². The molecule has 2 aliphatic rings. The fourth-order valence-electron chi connectivity index (χ4n) is 2.02. The highest BCUT2D eigenvalue weighted by Crippen LogP contribution is 2.45. The van der Waals surface area contributed by atoms with Crippen LogP contribution in [0.5, 0.6) is 0 Å². The highest BCUT2D eigenvalue weighted by molar-refractivity contribution is 5.62. The molecule has 0 aromatic carbocycles. The molecule has 1 fully saturated rings. The van der Waals surface area contributed by atoms with Crippen LogP contribution in [-0.2, 0) is 0 Å². The summed E-state index contributed by atoms with van der Waals surface area (Å²) in [6, 6.07) is 0. The van der Waals surface area contributed by atoms with E-state index < -0.39 is 0 Å². The highest BCUT2D eigenvalue weighted by atomic mass is 15.0. The number of fused-ring (bicyclic) bond motifs is 1. The van der Waals surface area contributed by atoms with Crippen molar-refractivity contribution >= 4 is 0 Å². The number of nitrogens with zero attached hydrogens (tertiary/aromatic N) is 1. The summed E-state index contributed by atoms with van der Waals surface area (Å²) in [4.78, 5) is 2.24. The van der Waals surface area contributed by atoms with Gasteiger partial charge >= 0.3 is 0 Å². The molecule has 1 nitrogen and oxygen atoms in total. The van der Waals surface area contributed by atoms with Crippen molar-refractivity contribution in [3.63, 3.8) is 0 Å². The average Bonchev–Trinajstić information content (AvgIpc) is 2.62. The SMILES string of the molecule is CN(C)CCC[C]1[CH][CH][C]2C=CC=C[C]21. The Kier molecular flexibility index (Phi) is 3.63. The van der Waals surface area contributed by atoms with E-state index in [2.05, 4.69) is 56.1 Å². The van der Waals surface area contributed by atoms with Gasteiger partial charge in [-0.3, -0.25) is 0 Å². The maximum Gasteiger partial charge on any atom is 0.0158 e. The minimum atomic E-state index is 1.17. The Morgan fingerprint density at radius 1 is 1.07 bits per heavy atom. The molecule has 0 amide bonds. The van der Waals surface area contributed by atoms with Crippen LogP contribution in [0.15, 0.2) is 24.3 Å². The minimum Gasteiger partial charge on any atom is -0.309 e. The molecule has 5 radical (unpaired) electrons. The molecule has 0 unspecified atom stereocenters. The Morgan fingerprint density at radius 2 is 1.87 bits per heavy atom. The Morgan fingerprint density at radius 3 is 2.67 bits per heavy atom. The lowest BCUT2D eigenvalue weighted by Crippen LogP contribution is -2.15. The first-order valence-corrected chi connectivity index (χ1v) is 5.55.